The molecule has 11 heteroatoms. The number of alkyl halides is 2. The molecule has 29 heavy (non-hydrogen) atoms. The Bertz CT molecular complexity index is 918. The summed E-state index contributed by atoms with van der Waals surface area (Å²) in [7, 11) is 0. The number of amides is 1. The third-order valence-electron chi connectivity index (χ3n) is 4.19. The Morgan fingerprint density at radius 2 is 2.03 bits per heavy atom. The molecule has 7 nitrogen and oxygen atoms in total. The van der Waals surface area contributed by atoms with Crippen LogP contribution >= 0.6 is 23.2 Å². The maximum atomic E-state index is 12.8. The van der Waals surface area contributed by atoms with E-state index in [-0.39, 0.29) is 45.0 Å². The number of fused-ring (bicyclic) bond motifs is 1. The lowest BCUT2D eigenvalue weighted by Crippen LogP contribution is -2.47. The van der Waals surface area contributed by atoms with Crippen LogP contribution in [0.25, 0.3) is 0 Å². The van der Waals surface area contributed by atoms with Crippen molar-refractivity contribution in [3.05, 3.63) is 40.1 Å². The number of rotatable bonds is 5. The van der Waals surface area contributed by atoms with E-state index in [1.54, 1.807) is 0 Å². The van der Waals surface area contributed by atoms with Crippen LogP contribution in [0.5, 0.6) is 11.5 Å². The molecule has 1 amide bonds. The Morgan fingerprint density at radius 3 is 2.62 bits per heavy atom. The summed E-state index contributed by atoms with van der Waals surface area (Å²) in [6.45, 7) is 0.0645. The molecule has 1 unspecified atom stereocenters. The lowest BCUT2D eigenvalue weighted by molar-refractivity contribution is -0.0578. The zero-order chi connectivity index (χ0) is 21.3. The van der Waals surface area contributed by atoms with Gasteiger partial charge in [0.2, 0.25) is 0 Å². The van der Waals surface area contributed by atoms with Crippen molar-refractivity contribution in [2.24, 2.45) is 0 Å². The first-order chi connectivity index (χ1) is 13.6. The van der Waals surface area contributed by atoms with Crippen molar-refractivity contribution in [1.29, 1.82) is 0 Å². The molecule has 1 aliphatic heterocycles. The Kier molecular flexibility index (Phi) is 6.02. The normalized spacial score (nSPS) is 15.9. The first-order valence-corrected chi connectivity index (χ1v) is 9.18. The van der Waals surface area contributed by atoms with E-state index in [4.69, 9.17) is 27.9 Å². The van der Waals surface area contributed by atoms with Gasteiger partial charge in [-0.2, -0.15) is 8.78 Å². The maximum absolute atomic E-state index is 12.8. The van der Waals surface area contributed by atoms with Crippen LogP contribution in [-0.4, -0.2) is 40.9 Å². The van der Waals surface area contributed by atoms with Gasteiger partial charge in [-0.05, 0) is 26.0 Å². The van der Waals surface area contributed by atoms with Crippen molar-refractivity contribution in [3.8, 4) is 11.5 Å². The molecule has 1 aromatic heterocycles. The topological polar surface area (TPSA) is 92.7 Å². The van der Waals surface area contributed by atoms with E-state index in [0.29, 0.717) is 0 Å². The van der Waals surface area contributed by atoms with Gasteiger partial charge in [0.15, 0.2) is 11.5 Å². The number of carbonyl (C=O) groups is 1. The molecule has 0 saturated carbocycles. The van der Waals surface area contributed by atoms with Gasteiger partial charge in [0.25, 0.3) is 5.91 Å². The highest BCUT2D eigenvalue weighted by molar-refractivity contribution is 6.39. The Morgan fingerprint density at radius 1 is 1.38 bits per heavy atom. The van der Waals surface area contributed by atoms with Gasteiger partial charge in [0, 0.05) is 12.4 Å². The summed E-state index contributed by atoms with van der Waals surface area (Å²) < 4.78 is 35.8. The molecule has 156 valence electrons. The van der Waals surface area contributed by atoms with E-state index >= 15 is 0 Å². The summed E-state index contributed by atoms with van der Waals surface area (Å²) in [5, 5.41) is 16.0. The highest BCUT2D eigenvalue weighted by Gasteiger charge is 2.36. The number of anilines is 2. The maximum Gasteiger partial charge on any atom is 0.387 e. The number of hydrogen-bond acceptors (Lipinski definition) is 6. The number of pyridine rings is 1. The first-order valence-electron chi connectivity index (χ1n) is 8.43. The molecule has 0 radical (unpaired) electrons. The van der Waals surface area contributed by atoms with Crippen molar-refractivity contribution in [1.82, 2.24) is 4.98 Å². The van der Waals surface area contributed by atoms with Crippen LogP contribution in [0.2, 0.25) is 10.0 Å². The molecule has 0 saturated heterocycles. The third-order valence-corrected chi connectivity index (χ3v) is 4.76. The van der Waals surface area contributed by atoms with E-state index < -0.39 is 24.2 Å². The summed E-state index contributed by atoms with van der Waals surface area (Å²) in [5.74, 6) is -0.992. The Hall–Kier alpha value is -2.36. The molecular weight excluding hydrogens is 431 g/mol. The van der Waals surface area contributed by atoms with Crippen molar-refractivity contribution in [2.45, 2.75) is 32.2 Å². The molecule has 1 aliphatic rings. The van der Waals surface area contributed by atoms with E-state index in [9.17, 15) is 18.7 Å². The number of halogens is 4. The van der Waals surface area contributed by atoms with Crippen molar-refractivity contribution >= 4 is 40.5 Å². The second kappa shape index (κ2) is 8.17. The Balaban J connectivity index is 1.99. The average molecular weight is 448 g/mol. The number of carbonyl (C=O) groups excluding carboxylic acids is 1. The zero-order valence-corrected chi connectivity index (χ0v) is 16.8. The molecule has 1 atom stereocenters. The number of aromatic nitrogens is 1. The minimum Gasteiger partial charge on any atom is -0.479 e. The number of nitrogens with one attached hydrogen (secondary N) is 2. The summed E-state index contributed by atoms with van der Waals surface area (Å²) >= 11 is 12.0. The van der Waals surface area contributed by atoms with Gasteiger partial charge in [0.05, 0.1) is 39.1 Å². The number of ether oxygens (including phenoxy) is 2. The van der Waals surface area contributed by atoms with E-state index in [2.05, 4.69) is 20.4 Å². The van der Waals surface area contributed by atoms with Crippen molar-refractivity contribution in [3.63, 3.8) is 0 Å². The summed E-state index contributed by atoms with van der Waals surface area (Å²) in [4.78, 5) is 16.6. The van der Waals surface area contributed by atoms with Gasteiger partial charge in [-0.3, -0.25) is 9.78 Å². The predicted molar refractivity (Wildman–Crippen MR) is 104 cm³/mol. The van der Waals surface area contributed by atoms with Gasteiger partial charge in [-0.1, -0.05) is 23.2 Å². The van der Waals surface area contributed by atoms with Gasteiger partial charge < -0.3 is 25.2 Å². The number of benzene rings is 1. The van der Waals surface area contributed by atoms with Gasteiger partial charge in [-0.15, -0.1) is 0 Å². The summed E-state index contributed by atoms with van der Waals surface area (Å²) in [6.07, 6.45) is 1.86. The van der Waals surface area contributed by atoms with Crippen molar-refractivity contribution < 1.29 is 28.2 Å². The monoisotopic (exact) mass is 447 g/mol. The first kappa shape index (κ1) is 21.4. The fourth-order valence-electron chi connectivity index (χ4n) is 2.72. The SMILES string of the molecule is CC(C)(O)C1CNc2c(C(=O)Nc3c(Cl)cncc3Cl)ccc(OC(F)F)c2O1. The van der Waals surface area contributed by atoms with Crippen LogP contribution in [0.15, 0.2) is 24.5 Å². The quantitative estimate of drug-likeness (QED) is 0.636. The summed E-state index contributed by atoms with van der Waals surface area (Å²) in [6, 6.07) is 2.49. The molecule has 2 aromatic rings. The molecule has 1 aromatic carbocycles. The number of hydrogen-bond donors (Lipinski definition) is 3. The van der Waals surface area contributed by atoms with Crippen LogP contribution < -0.4 is 20.1 Å². The van der Waals surface area contributed by atoms with Gasteiger partial charge in [0.1, 0.15) is 6.10 Å². The third kappa shape index (κ3) is 4.63. The standard InChI is InChI=1S/C18H17Cl2F2N3O4/c1-18(2,27)12-7-24-13-8(3-4-11(15(13)29-12)28-17(21)22)16(26)25-14-9(19)5-23-6-10(14)20/h3-6,12,17,24,27H,7H2,1-2H3,(H,23,25,26). The van der Waals surface area contributed by atoms with E-state index in [1.165, 1.54) is 38.4 Å². The molecule has 2 heterocycles. The van der Waals surface area contributed by atoms with E-state index in [0.717, 1.165) is 0 Å². The second-order valence-electron chi connectivity index (χ2n) is 6.77. The van der Waals surface area contributed by atoms with Crippen LogP contribution in [0.1, 0.15) is 24.2 Å². The predicted octanol–water partition coefficient (Wildman–Crippen LogP) is 4.19. The Labute approximate surface area is 174 Å². The van der Waals surface area contributed by atoms with Crippen LogP contribution in [0.4, 0.5) is 20.2 Å². The molecule has 0 bridgehead atoms. The highest BCUT2D eigenvalue weighted by Crippen LogP contribution is 2.43. The molecule has 3 N–H and O–H groups in total. The minimum atomic E-state index is -3.10. The van der Waals surface area contributed by atoms with E-state index in [1.807, 2.05) is 0 Å². The molecule has 0 spiro atoms. The second-order valence-corrected chi connectivity index (χ2v) is 7.58. The van der Waals surface area contributed by atoms with Gasteiger partial charge in [-0.25, -0.2) is 0 Å². The van der Waals surface area contributed by atoms with Gasteiger partial charge >= 0.3 is 6.61 Å². The molecule has 0 aliphatic carbocycles. The number of aliphatic hydroxyl groups is 1. The largest absolute Gasteiger partial charge is 0.479 e. The smallest absolute Gasteiger partial charge is 0.387 e. The summed E-state index contributed by atoms with van der Waals surface area (Å²) in [5.41, 5.74) is -0.897. The zero-order valence-electron chi connectivity index (χ0n) is 15.3. The average Bonchev–Trinajstić information content (AvgIpc) is 2.63. The van der Waals surface area contributed by atoms with Crippen LogP contribution in [-0.2, 0) is 0 Å². The van der Waals surface area contributed by atoms with Crippen molar-refractivity contribution in [2.75, 3.05) is 17.2 Å². The minimum absolute atomic E-state index is 0.0831. The molecular formula is C18H17Cl2F2N3O4. The van der Waals surface area contributed by atoms with Crippen LogP contribution in [0.3, 0.4) is 0 Å². The van der Waals surface area contributed by atoms with Crippen LogP contribution in [0, 0.1) is 0 Å². The molecule has 0 fully saturated rings. The fourth-order valence-corrected chi connectivity index (χ4v) is 3.18. The fraction of sp³-hybridized carbons (Fsp3) is 0.333. The molecule has 3 rings (SSSR count). The lowest BCUT2D eigenvalue weighted by Gasteiger charge is -2.36. The number of nitrogens with zero attached hydrogens (tertiary/aromatic N) is 1. The highest BCUT2D eigenvalue weighted by atomic mass is 35.5. The lowest BCUT2D eigenvalue weighted by atomic mass is 9.99.